The minimum Gasteiger partial charge on any atom is -0.324 e. The van der Waals surface area contributed by atoms with Crippen LogP contribution >= 0.6 is 0 Å². The van der Waals surface area contributed by atoms with Gasteiger partial charge in [-0.1, -0.05) is 18.2 Å². The molecule has 0 saturated carbocycles. The molecule has 0 spiro atoms. The molecule has 0 radical (unpaired) electrons. The third kappa shape index (κ3) is 2.05. The lowest BCUT2D eigenvalue weighted by Crippen LogP contribution is -2.06. The van der Waals surface area contributed by atoms with Gasteiger partial charge in [-0.25, -0.2) is 4.98 Å². The van der Waals surface area contributed by atoms with E-state index >= 15 is 0 Å². The molecule has 3 aromatic rings. The SMILES string of the molecule is N#Cc1nc2ccccc2cc1-c1cc(NN)ccn1. The Labute approximate surface area is 115 Å². The fraction of sp³-hybridized carbons (Fsp3) is 0. The fourth-order valence-electron chi connectivity index (χ4n) is 2.06. The molecule has 3 rings (SSSR count). The van der Waals surface area contributed by atoms with Gasteiger partial charge in [-0.2, -0.15) is 5.26 Å². The highest BCUT2D eigenvalue weighted by atomic mass is 15.2. The average molecular weight is 261 g/mol. The number of anilines is 1. The molecular weight excluding hydrogens is 250 g/mol. The number of hydrazine groups is 1. The average Bonchev–Trinajstić information content (AvgIpc) is 2.53. The molecule has 2 heterocycles. The largest absolute Gasteiger partial charge is 0.324 e. The standard InChI is InChI=1S/C15H11N5/c16-9-15-12(14-8-11(20-17)5-6-18-14)7-10-3-1-2-4-13(10)19-15/h1-8H,17H2,(H,18,20). The highest BCUT2D eigenvalue weighted by Gasteiger charge is 2.10. The normalized spacial score (nSPS) is 10.2. The second-order valence-corrected chi connectivity index (χ2v) is 4.26. The van der Waals surface area contributed by atoms with E-state index in [4.69, 9.17) is 5.84 Å². The van der Waals surface area contributed by atoms with Crippen molar-refractivity contribution < 1.29 is 0 Å². The maximum absolute atomic E-state index is 9.29. The third-order valence-corrected chi connectivity index (χ3v) is 3.03. The Balaban J connectivity index is 2.26. The minimum absolute atomic E-state index is 0.352. The van der Waals surface area contributed by atoms with Gasteiger partial charge in [-0.3, -0.25) is 10.8 Å². The summed E-state index contributed by atoms with van der Waals surface area (Å²) in [5, 5.41) is 10.3. The summed E-state index contributed by atoms with van der Waals surface area (Å²) in [4.78, 5) is 8.66. The van der Waals surface area contributed by atoms with E-state index in [0.717, 1.165) is 16.6 Å². The first kappa shape index (κ1) is 12.1. The van der Waals surface area contributed by atoms with E-state index in [1.54, 1.807) is 18.3 Å². The van der Waals surface area contributed by atoms with Crippen molar-refractivity contribution in [1.82, 2.24) is 9.97 Å². The van der Waals surface area contributed by atoms with Crippen molar-refractivity contribution in [3.63, 3.8) is 0 Å². The van der Waals surface area contributed by atoms with Crippen molar-refractivity contribution in [3.8, 4) is 17.3 Å². The lowest BCUT2D eigenvalue weighted by molar-refractivity contribution is 1.26. The van der Waals surface area contributed by atoms with Crippen LogP contribution in [0.3, 0.4) is 0 Å². The molecule has 2 aromatic heterocycles. The zero-order valence-corrected chi connectivity index (χ0v) is 10.5. The molecular formula is C15H11N5. The second kappa shape index (κ2) is 4.96. The molecule has 20 heavy (non-hydrogen) atoms. The summed E-state index contributed by atoms with van der Waals surface area (Å²) in [7, 11) is 0. The van der Waals surface area contributed by atoms with Crippen molar-refractivity contribution in [2.45, 2.75) is 0 Å². The lowest BCUT2D eigenvalue weighted by Gasteiger charge is -2.07. The minimum atomic E-state index is 0.352. The Hall–Kier alpha value is -2.97. The van der Waals surface area contributed by atoms with Crippen LogP contribution in [0, 0.1) is 11.3 Å². The molecule has 0 bridgehead atoms. The lowest BCUT2D eigenvalue weighted by atomic mass is 10.1. The number of hydrogen-bond acceptors (Lipinski definition) is 5. The zero-order chi connectivity index (χ0) is 13.9. The first-order valence-electron chi connectivity index (χ1n) is 6.05. The van der Waals surface area contributed by atoms with Crippen LogP contribution in [-0.4, -0.2) is 9.97 Å². The number of fused-ring (bicyclic) bond motifs is 1. The van der Waals surface area contributed by atoms with Gasteiger partial charge in [-0.15, -0.1) is 0 Å². The summed E-state index contributed by atoms with van der Waals surface area (Å²) in [5.41, 5.74) is 5.80. The monoisotopic (exact) mass is 261 g/mol. The van der Waals surface area contributed by atoms with Gasteiger partial charge in [0, 0.05) is 17.1 Å². The molecule has 3 N–H and O–H groups in total. The van der Waals surface area contributed by atoms with E-state index in [1.807, 2.05) is 30.3 Å². The van der Waals surface area contributed by atoms with Gasteiger partial charge in [0.25, 0.3) is 0 Å². The van der Waals surface area contributed by atoms with Gasteiger partial charge in [0.1, 0.15) is 6.07 Å². The van der Waals surface area contributed by atoms with Crippen molar-refractivity contribution in [1.29, 1.82) is 5.26 Å². The Bertz CT molecular complexity index is 820. The van der Waals surface area contributed by atoms with E-state index < -0.39 is 0 Å². The van der Waals surface area contributed by atoms with Crippen LogP contribution < -0.4 is 11.3 Å². The van der Waals surface area contributed by atoms with Crippen molar-refractivity contribution in [2.24, 2.45) is 5.84 Å². The van der Waals surface area contributed by atoms with Crippen LogP contribution in [0.25, 0.3) is 22.2 Å². The molecule has 0 amide bonds. The molecule has 96 valence electrons. The van der Waals surface area contributed by atoms with E-state index in [9.17, 15) is 5.26 Å². The maximum atomic E-state index is 9.29. The van der Waals surface area contributed by atoms with E-state index in [1.165, 1.54) is 0 Å². The molecule has 0 unspecified atom stereocenters. The molecule has 0 atom stereocenters. The van der Waals surface area contributed by atoms with Gasteiger partial charge in [0.05, 0.1) is 16.9 Å². The Morgan fingerprint density at radius 2 is 2.00 bits per heavy atom. The van der Waals surface area contributed by atoms with Crippen LogP contribution in [-0.2, 0) is 0 Å². The van der Waals surface area contributed by atoms with Crippen LogP contribution in [0.4, 0.5) is 5.69 Å². The molecule has 0 aliphatic rings. The number of nitrogens with zero attached hydrogens (tertiary/aromatic N) is 3. The van der Waals surface area contributed by atoms with Gasteiger partial charge >= 0.3 is 0 Å². The number of nitrogen functional groups attached to an aromatic ring is 1. The summed E-state index contributed by atoms with van der Waals surface area (Å²) >= 11 is 0. The summed E-state index contributed by atoms with van der Waals surface area (Å²) < 4.78 is 0. The number of nitriles is 1. The number of nitrogens with two attached hydrogens (primary N) is 1. The highest BCUT2D eigenvalue weighted by molar-refractivity contribution is 5.85. The van der Waals surface area contributed by atoms with Crippen molar-refractivity contribution in [3.05, 3.63) is 54.4 Å². The molecule has 0 aliphatic heterocycles. The van der Waals surface area contributed by atoms with Gasteiger partial charge in [0.2, 0.25) is 0 Å². The quantitative estimate of drug-likeness (QED) is 0.546. The summed E-state index contributed by atoms with van der Waals surface area (Å²) in [6.45, 7) is 0. The Morgan fingerprint density at radius 1 is 1.15 bits per heavy atom. The van der Waals surface area contributed by atoms with Crippen LogP contribution in [0.15, 0.2) is 48.7 Å². The Morgan fingerprint density at radius 3 is 2.80 bits per heavy atom. The number of nitrogens with one attached hydrogen (secondary N) is 1. The molecule has 0 aliphatic carbocycles. The number of rotatable bonds is 2. The Kier molecular flexibility index (Phi) is 2.99. The topological polar surface area (TPSA) is 87.6 Å². The van der Waals surface area contributed by atoms with Gasteiger partial charge < -0.3 is 5.43 Å². The van der Waals surface area contributed by atoms with Crippen molar-refractivity contribution >= 4 is 16.6 Å². The number of pyridine rings is 2. The van der Waals surface area contributed by atoms with Gasteiger partial charge in [-0.05, 0) is 24.3 Å². The van der Waals surface area contributed by atoms with E-state index in [2.05, 4.69) is 21.5 Å². The number of aromatic nitrogens is 2. The summed E-state index contributed by atoms with van der Waals surface area (Å²) in [6, 6.07) is 15.2. The van der Waals surface area contributed by atoms with Crippen molar-refractivity contribution in [2.75, 3.05) is 5.43 Å². The molecule has 0 saturated heterocycles. The summed E-state index contributed by atoms with van der Waals surface area (Å²) in [5.74, 6) is 5.40. The zero-order valence-electron chi connectivity index (χ0n) is 10.5. The second-order valence-electron chi connectivity index (χ2n) is 4.26. The van der Waals surface area contributed by atoms with Crippen LogP contribution in [0.2, 0.25) is 0 Å². The first-order chi connectivity index (χ1) is 9.81. The first-order valence-corrected chi connectivity index (χ1v) is 6.05. The highest BCUT2D eigenvalue weighted by Crippen LogP contribution is 2.26. The molecule has 1 aromatic carbocycles. The summed E-state index contributed by atoms with van der Waals surface area (Å²) in [6.07, 6.45) is 1.64. The van der Waals surface area contributed by atoms with Crippen LogP contribution in [0.5, 0.6) is 0 Å². The van der Waals surface area contributed by atoms with E-state index in [-0.39, 0.29) is 0 Å². The molecule has 5 heteroatoms. The van der Waals surface area contributed by atoms with Gasteiger partial charge in [0.15, 0.2) is 5.69 Å². The number of para-hydroxylation sites is 1. The number of hydrogen-bond donors (Lipinski definition) is 2. The molecule has 5 nitrogen and oxygen atoms in total. The predicted molar refractivity (Wildman–Crippen MR) is 77.5 cm³/mol. The van der Waals surface area contributed by atoms with E-state index in [0.29, 0.717) is 17.0 Å². The third-order valence-electron chi connectivity index (χ3n) is 3.03. The fourth-order valence-corrected chi connectivity index (χ4v) is 2.06. The smallest absolute Gasteiger partial charge is 0.150 e. The predicted octanol–water partition coefficient (Wildman–Crippen LogP) is 2.45. The number of benzene rings is 1. The maximum Gasteiger partial charge on any atom is 0.150 e. The molecule has 0 fully saturated rings. The van der Waals surface area contributed by atoms with Crippen LogP contribution in [0.1, 0.15) is 5.69 Å².